The van der Waals surface area contributed by atoms with Gasteiger partial charge in [-0.05, 0) is 35.9 Å². The van der Waals surface area contributed by atoms with Gasteiger partial charge in [-0.2, -0.15) is 0 Å². The molecule has 0 saturated carbocycles. The number of urea groups is 1. The van der Waals surface area contributed by atoms with Gasteiger partial charge in [0.25, 0.3) is 0 Å². The number of benzene rings is 2. The smallest absolute Gasteiger partial charge is 0.321 e. The van der Waals surface area contributed by atoms with Gasteiger partial charge in [0.2, 0.25) is 6.79 Å². The molecule has 0 unspecified atom stereocenters. The molecule has 26 heavy (non-hydrogen) atoms. The summed E-state index contributed by atoms with van der Waals surface area (Å²) in [7, 11) is 0. The summed E-state index contributed by atoms with van der Waals surface area (Å²) in [5, 5.41) is 8.59. The summed E-state index contributed by atoms with van der Waals surface area (Å²) in [5.41, 5.74) is 2.63. The highest BCUT2D eigenvalue weighted by Gasteiger charge is 2.15. The number of nitrogens with zero attached hydrogens (tertiary/aromatic N) is 1. The number of carbonyl (C=O) groups is 1. The molecule has 0 radical (unpaired) electrons. The van der Waals surface area contributed by atoms with E-state index in [1.165, 1.54) is 11.3 Å². The summed E-state index contributed by atoms with van der Waals surface area (Å²) in [6, 6.07) is 12.6. The van der Waals surface area contributed by atoms with Crippen LogP contribution in [-0.2, 0) is 6.54 Å². The van der Waals surface area contributed by atoms with Crippen molar-refractivity contribution in [1.29, 1.82) is 0 Å². The number of fused-ring (bicyclic) bond motifs is 1. The van der Waals surface area contributed by atoms with Gasteiger partial charge in [0.1, 0.15) is 0 Å². The highest BCUT2D eigenvalue weighted by molar-refractivity contribution is 7.14. The maximum Gasteiger partial charge on any atom is 0.321 e. The molecule has 3 aromatic rings. The fourth-order valence-corrected chi connectivity index (χ4v) is 3.29. The Morgan fingerprint density at radius 3 is 2.81 bits per heavy atom. The van der Waals surface area contributed by atoms with Crippen molar-refractivity contribution in [3.63, 3.8) is 0 Å². The Kier molecular flexibility index (Phi) is 4.64. The molecular formula is C18H14ClN3O3S. The number of amides is 2. The molecule has 1 aromatic heterocycles. The predicted octanol–water partition coefficient (Wildman–Crippen LogP) is 4.51. The third kappa shape index (κ3) is 3.74. The lowest BCUT2D eigenvalue weighted by atomic mass is 10.1. The summed E-state index contributed by atoms with van der Waals surface area (Å²) in [4.78, 5) is 16.5. The Morgan fingerprint density at radius 1 is 1.15 bits per heavy atom. The molecule has 132 valence electrons. The molecule has 8 heteroatoms. The summed E-state index contributed by atoms with van der Waals surface area (Å²) < 4.78 is 10.7. The number of carbonyl (C=O) groups excluding carboxylic acids is 1. The average molecular weight is 388 g/mol. The largest absolute Gasteiger partial charge is 0.454 e. The summed E-state index contributed by atoms with van der Waals surface area (Å²) in [6.07, 6.45) is 0. The van der Waals surface area contributed by atoms with Crippen LogP contribution >= 0.6 is 22.9 Å². The van der Waals surface area contributed by atoms with E-state index in [-0.39, 0.29) is 12.8 Å². The van der Waals surface area contributed by atoms with Gasteiger partial charge in [0.15, 0.2) is 16.6 Å². The van der Waals surface area contributed by atoms with E-state index in [0.717, 1.165) is 22.6 Å². The highest BCUT2D eigenvalue weighted by Crippen LogP contribution is 2.36. The van der Waals surface area contributed by atoms with Crippen molar-refractivity contribution in [2.24, 2.45) is 0 Å². The Hall–Kier alpha value is -2.77. The van der Waals surface area contributed by atoms with Crippen LogP contribution in [0.1, 0.15) is 5.56 Å². The normalized spacial score (nSPS) is 12.0. The SMILES string of the molecule is O=C(NCc1ccc(Cl)cc1)Nc1nc(-c2ccc3c(c2)OCO3)cs1. The first-order valence-corrected chi connectivity index (χ1v) is 9.08. The van der Waals surface area contributed by atoms with Gasteiger partial charge in [-0.15, -0.1) is 11.3 Å². The minimum atomic E-state index is -0.313. The van der Waals surface area contributed by atoms with Crippen LogP contribution in [0.2, 0.25) is 5.02 Å². The van der Waals surface area contributed by atoms with E-state index in [1.54, 1.807) is 12.1 Å². The highest BCUT2D eigenvalue weighted by atomic mass is 35.5. The lowest BCUT2D eigenvalue weighted by molar-refractivity contribution is 0.174. The van der Waals surface area contributed by atoms with E-state index in [4.69, 9.17) is 21.1 Å². The van der Waals surface area contributed by atoms with Crippen LogP contribution in [-0.4, -0.2) is 17.8 Å². The lowest BCUT2D eigenvalue weighted by Crippen LogP contribution is -2.28. The number of anilines is 1. The van der Waals surface area contributed by atoms with Crippen LogP contribution in [0.25, 0.3) is 11.3 Å². The Morgan fingerprint density at radius 2 is 1.96 bits per heavy atom. The first-order valence-electron chi connectivity index (χ1n) is 7.82. The molecule has 2 N–H and O–H groups in total. The van der Waals surface area contributed by atoms with E-state index in [0.29, 0.717) is 22.4 Å². The Labute approximate surface area is 158 Å². The van der Waals surface area contributed by atoms with E-state index in [9.17, 15) is 4.79 Å². The van der Waals surface area contributed by atoms with Crippen LogP contribution in [0.5, 0.6) is 11.5 Å². The van der Waals surface area contributed by atoms with E-state index < -0.39 is 0 Å². The molecular weight excluding hydrogens is 374 g/mol. The summed E-state index contributed by atoms with van der Waals surface area (Å²) in [5.74, 6) is 1.43. The van der Waals surface area contributed by atoms with Crippen LogP contribution in [0, 0.1) is 0 Å². The number of nitrogens with one attached hydrogen (secondary N) is 2. The predicted molar refractivity (Wildman–Crippen MR) is 101 cm³/mol. The number of thiazole rings is 1. The average Bonchev–Trinajstić information content (AvgIpc) is 3.29. The molecule has 6 nitrogen and oxygen atoms in total. The molecule has 1 aliphatic rings. The van der Waals surface area contributed by atoms with Crippen molar-refractivity contribution in [3.05, 3.63) is 58.4 Å². The number of aromatic nitrogens is 1. The summed E-state index contributed by atoms with van der Waals surface area (Å²) in [6.45, 7) is 0.639. The zero-order valence-electron chi connectivity index (χ0n) is 13.5. The second-order valence-corrected chi connectivity index (χ2v) is 6.83. The van der Waals surface area contributed by atoms with Crippen molar-refractivity contribution in [1.82, 2.24) is 10.3 Å². The zero-order valence-corrected chi connectivity index (χ0v) is 15.1. The fraction of sp³-hybridized carbons (Fsp3) is 0.111. The van der Waals surface area contributed by atoms with Crippen LogP contribution < -0.4 is 20.1 Å². The van der Waals surface area contributed by atoms with E-state index >= 15 is 0 Å². The monoisotopic (exact) mass is 387 g/mol. The molecule has 0 fully saturated rings. The van der Waals surface area contributed by atoms with Gasteiger partial charge < -0.3 is 14.8 Å². The van der Waals surface area contributed by atoms with E-state index in [2.05, 4.69) is 15.6 Å². The van der Waals surface area contributed by atoms with Crippen LogP contribution in [0.15, 0.2) is 47.8 Å². The van der Waals surface area contributed by atoms with Gasteiger partial charge in [-0.25, -0.2) is 9.78 Å². The molecule has 0 spiro atoms. The van der Waals surface area contributed by atoms with Crippen molar-refractivity contribution in [2.45, 2.75) is 6.54 Å². The third-order valence-corrected chi connectivity index (χ3v) is 4.77. The van der Waals surface area contributed by atoms with Crippen molar-refractivity contribution in [2.75, 3.05) is 12.1 Å². The van der Waals surface area contributed by atoms with Crippen molar-refractivity contribution >= 4 is 34.1 Å². The van der Waals surface area contributed by atoms with Crippen molar-refractivity contribution < 1.29 is 14.3 Å². The molecule has 2 aromatic carbocycles. The van der Waals surface area contributed by atoms with Crippen molar-refractivity contribution in [3.8, 4) is 22.8 Å². The Bertz CT molecular complexity index is 943. The molecule has 4 rings (SSSR count). The Balaban J connectivity index is 1.37. The molecule has 2 amide bonds. The maximum absolute atomic E-state index is 12.0. The van der Waals surface area contributed by atoms with E-state index in [1.807, 2.05) is 35.7 Å². The van der Waals surface area contributed by atoms with Crippen LogP contribution in [0.3, 0.4) is 0 Å². The zero-order chi connectivity index (χ0) is 17.9. The summed E-state index contributed by atoms with van der Waals surface area (Å²) >= 11 is 7.20. The third-order valence-electron chi connectivity index (χ3n) is 3.76. The molecule has 0 atom stereocenters. The van der Waals surface area contributed by atoms with Gasteiger partial charge in [0, 0.05) is 22.5 Å². The van der Waals surface area contributed by atoms with Gasteiger partial charge in [0.05, 0.1) is 5.69 Å². The minimum Gasteiger partial charge on any atom is -0.454 e. The fourth-order valence-electron chi connectivity index (χ4n) is 2.45. The second-order valence-electron chi connectivity index (χ2n) is 5.54. The van der Waals surface area contributed by atoms with Gasteiger partial charge >= 0.3 is 6.03 Å². The number of halogens is 1. The molecule has 0 aliphatic carbocycles. The molecule has 1 aliphatic heterocycles. The first kappa shape index (κ1) is 16.7. The van der Waals surface area contributed by atoms with Gasteiger partial charge in [-0.1, -0.05) is 23.7 Å². The van der Waals surface area contributed by atoms with Gasteiger partial charge in [-0.3, -0.25) is 5.32 Å². The number of ether oxygens (including phenoxy) is 2. The minimum absolute atomic E-state index is 0.233. The molecule has 0 saturated heterocycles. The topological polar surface area (TPSA) is 72.5 Å². The molecule has 2 heterocycles. The number of hydrogen-bond acceptors (Lipinski definition) is 5. The number of rotatable bonds is 4. The molecule has 0 bridgehead atoms. The maximum atomic E-state index is 12.0. The van der Waals surface area contributed by atoms with Crippen LogP contribution in [0.4, 0.5) is 9.93 Å². The first-order chi connectivity index (χ1) is 12.7. The second kappa shape index (κ2) is 7.23. The number of hydrogen-bond donors (Lipinski definition) is 2. The lowest BCUT2D eigenvalue weighted by Gasteiger charge is -2.05. The quantitative estimate of drug-likeness (QED) is 0.690. The standard InChI is InChI=1S/C18H14ClN3O3S/c19-13-4-1-11(2-5-13)8-20-17(23)22-18-21-14(9-26-18)12-3-6-15-16(7-12)25-10-24-15/h1-7,9H,8,10H2,(H2,20,21,22,23).